The predicted octanol–water partition coefficient (Wildman–Crippen LogP) is 3.70. The third kappa shape index (κ3) is 2.97. The number of aromatic nitrogens is 2. The molecule has 0 aromatic carbocycles. The van der Waals surface area contributed by atoms with E-state index in [-0.39, 0.29) is 11.9 Å². The van der Waals surface area contributed by atoms with Crippen molar-refractivity contribution in [2.24, 2.45) is 5.73 Å². The van der Waals surface area contributed by atoms with Crippen molar-refractivity contribution in [2.75, 3.05) is 5.32 Å². The molecule has 3 aromatic heterocycles. The van der Waals surface area contributed by atoms with Gasteiger partial charge in [-0.05, 0) is 37.3 Å². The molecule has 3 aromatic rings. The lowest BCUT2D eigenvalue weighted by Gasteiger charge is -2.05. The van der Waals surface area contributed by atoms with E-state index in [1.165, 1.54) is 22.3 Å². The highest BCUT2D eigenvalue weighted by atomic mass is 32.1. The van der Waals surface area contributed by atoms with Crippen LogP contribution in [0.3, 0.4) is 0 Å². The molecule has 0 spiro atoms. The Bertz CT molecular complexity index is 794. The number of fused-ring (bicyclic) bond motifs is 1. The maximum Gasteiger partial charge on any atom is 0.138 e. The first-order valence-electron chi connectivity index (χ1n) is 7.01. The summed E-state index contributed by atoms with van der Waals surface area (Å²) in [6.45, 7) is 4.49. The maximum absolute atomic E-state index is 13.5. The number of aryl methyl sites for hydroxylation is 1. The molecule has 3 N–H and O–H groups in total. The first kappa shape index (κ1) is 15.3. The van der Waals surface area contributed by atoms with Gasteiger partial charge in [0.05, 0.1) is 28.0 Å². The molecule has 0 bridgehead atoms. The first-order valence-corrected chi connectivity index (χ1v) is 8.71. The summed E-state index contributed by atoms with van der Waals surface area (Å²) >= 11 is 3.09. The Morgan fingerprint density at radius 2 is 2.23 bits per heavy atom. The molecule has 1 atom stereocenters. The second-order valence-corrected chi connectivity index (χ2v) is 7.42. The zero-order valence-corrected chi connectivity index (χ0v) is 14.0. The molecule has 0 radical (unpaired) electrons. The van der Waals surface area contributed by atoms with E-state index in [2.05, 4.69) is 15.5 Å². The second-order valence-electron chi connectivity index (χ2n) is 5.31. The van der Waals surface area contributed by atoms with Gasteiger partial charge in [0, 0.05) is 10.9 Å². The van der Waals surface area contributed by atoms with Gasteiger partial charge in [-0.25, -0.2) is 4.39 Å². The third-order valence-corrected chi connectivity index (χ3v) is 5.67. The Hall–Kier alpha value is -1.57. The largest absolute Gasteiger partial charge is 0.378 e. The number of nitrogens with two attached hydrogens (primary N) is 1. The number of nitrogens with zero attached hydrogens (tertiary/aromatic N) is 2. The molecular formula is C15H17FN4S2. The highest BCUT2D eigenvalue weighted by Gasteiger charge is 2.15. The van der Waals surface area contributed by atoms with Gasteiger partial charge in [-0.15, -0.1) is 27.8 Å². The van der Waals surface area contributed by atoms with E-state index in [9.17, 15) is 4.39 Å². The van der Waals surface area contributed by atoms with Gasteiger partial charge in [0.2, 0.25) is 0 Å². The van der Waals surface area contributed by atoms with Gasteiger partial charge in [0.1, 0.15) is 11.3 Å². The van der Waals surface area contributed by atoms with Crippen LogP contribution >= 0.6 is 22.7 Å². The molecule has 0 fully saturated rings. The molecule has 0 unspecified atom stereocenters. The SMILES string of the molecule is Cc1c(C[C@H](C)N)sc2c(NCc3sccc3F)cnnc12. The first-order chi connectivity index (χ1) is 10.6. The van der Waals surface area contributed by atoms with Crippen LogP contribution in [0.25, 0.3) is 10.2 Å². The van der Waals surface area contributed by atoms with Gasteiger partial charge in [0.25, 0.3) is 0 Å². The van der Waals surface area contributed by atoms with Crippen LogP contribution in [0.1, 0.15) is 22.2 Å². The number of hydrogen-bond donors (Lipinski definition) is 2. The lowest BCUT2D eigenvalue weighted by atomic mass is 10.1. The third-order valence-electron chi connectivity index (χ3n) is 3.44. The summed E-state index contributed by atoms with van der Waals surface area (Å²) in [7, 11) is 0. The lowest BCUT2D eigenvalue weighted by molar-refractivity contribution is 0.621. The summed E-state index contributed by atoms with van der Waals surface area (Å²) < 4.78 is 14.6. The van der Waals surface area contributed by atoms with Gasteiger partial charge < -0.3 is 11.1 Å². The minimum Gasteiger partial charge on any atom is -0.378 e. The predicted molar refractivity (Wildman–Crippen MR) is 91.1 cm³/mol. The van der Waals surface area contributed by atoms with Crippen molar-refractivity contribution in [3.05, 3.63) is 38.8 Å². The maximum atomic E-state index is 13.5. The molecule has 0 aliphatic heterocycles. The van der Waals surface area contributed by atoms with Crippen LogP contribution in [0.15, 0.2) is 17.6 Å². The van der Waals surface area contributed by atoms with E-state index in [0.717, 1.165) is 27.9 Å². The monoisotopic (exact) mass is 336 g/mol. The summed E-state index contributed by atoms with van der Waals surface area (Å²) in [5, 5.41) is 13.3. The molecule has 3 rings (SSSR count). The fraction of sp³-hybridized carbons (Fsp3) is 0.333. The molecule has 0 aliphatic rings. The molecule has 22 heavy (non-hydrogen) atoms. The van der Waals surface area contributed by atoms with Crippen LogP contribution in [-0.4, -0.2) is 16.2 Å². The van der Waals surface area contributed by atoms with Gasteiger partial charge in [-0.1, -0.05) is 0 Å². The lowest BCUT2D eigenvalue weighted by Crippen LogP contribution is -2.17. The highest BCUT2D eigenvalue weighted by Crippen LogP contribution is 2.34. The van der Waals surface area contributed by atoms with Crippen LogP contribution in [0.2, 0.25) is 0 Å². The fourth-order valence-corrected chi connectivity index (χ4v) is 4.35. The van der Waals surface area contributed by atoms with Crippen molar-refractivity contribution < 1.29 is 4.39 Å². The summed E-state index contributed by atoms with van der Waals surface area (Å²) in [5.74, 6) is -0.171. The molecule has 0 saturated carbocycles. The highest BCUT2D eigenvalue weighted by molar-refractivity contribution is 7.19. The van der Waals surface area contributed by atoms with E-state index in [1.54, 1.807) is 22.9 Å². The van der Waals surface area contributed by atoms with Crippen molar-refractivity contribution >= 4 is 38.6 Å². The molecule has 0 aliphatic carbocycles. The zero-order valence-electron chi connectivity index (χ0n) is 12.4. The number of hydrogen-bond acceptors (Lipinski definition) is 6. The molecule has 7 heteroatoms. The summed E-state index contributed by atoms with van der Waals surface area (Å²) in [4.78, 5) is 1.92. The number of rotatable bonds is 5. The van der Waals surface area contributed by atoms with Gasteiger partial charge in [0.15, 0.2) is 0 Å². The smallest absolute Gasteiger partial charge is 0.138 e. The van der Waals surface area contributed by atoms with Gasteiger partial charge >= 0.3 is 0 Å². The standard InChI is InChI=1S/C15H17FN4S2/c1-8(17)5-12-9(2)14-15(22-12)11(6-19-20-14)18-7-13-10(16)3-4-21-13/h3-4,6,8H,5,7,17H2,1-2H3,(H,18,20)/t8-/m0/s1. The van der Waals surface area contributed by atoms with Crippen molar-refractivity contribution in [1.82, 2.24) is 10.2 Å². The van der Waals surface area contributed by atoms with E-state index < -0.39 is 0 Å². The molecule has 4 nitrogen and oxygen atoms in total. The van der Waals surface area contributed by atoms with Crippen LogP contribution in [0.5, 0.6) is 0 Å². The molecule has 3 heterocycles. The Kier molecular flexibility index (Phi) is 4.37. The molecule has 0 amide bonds. The van der Waals surface area contributed by atoms with E-state index >= 15 is 0 Å². The van der Waals surface area contributed by atoms with E-state index in [4.69, 9.17) is 5.73 Å². The topological polar surface area (TPSA) is 63.8 Å². The minimum atomic E-state index is -0.171. The van der Waals surface area contributed by atoms with Crippen LogP contribution in [0, 0.1) is 12.7 Å². The number of thiophene rings is 2. The summed E-state index contributed by atoms with van der Waals surface area (Å²) in [5.41, 5.74) is 8.83. The average Bonchev–Trinajstić information content (AvgIpc) is 3.02. The quantitative estimate of drug-likeness (QED) is 0.746. The Labute approximate surface area is 136 Å². The second kappa shape index (κ2) is 6.28. The minimum absolute atomic E-state index is 0.108. The molecule has 0 saturated heterocycles. The van der Waals surface area contributed by atoms with Crippen molar-refractivity contribution in [3.63, 3.8) is 0 Å². The fourth-order valence-electron chi connectivity index (χ4n) is 2.30. The number of anilines is 1. The van der Waals surface area contributed by atoms with Crippen LogP contribution in [0.4, 0.5) is 10.1 Å². The average molecular weight is 336 g/mol. The van der Waals surface area contributed by atoms with Crippen LogP contribution in [-0.2, 0) is 13.0 Å². The van der Waals surface area contributed by atoms with Crippen LogP contribution < -0.4 is 11.1 Å². The normalized spacial score (nSPS) is 12.7. The van der Waals surface area contributed by atoms with E-state index in [1.807, 2.05) is 13.8 Å². The van der Waals surface area contributed by atoms with Crippen molar-refractivity contribution in [1.29, 1.82) is 0 Å². The summed E-state index contributed by atoms with van der Waals surface area (Å²) in [6, 6.07) is 1.59. The van der Waals surface area contributed by atoms with Gasteiger partial charge in [-0.3, -0.25) is 0 Å². The Morgan fingerprint density at radius 1 is 1.41 bits per heavy atom. The molecular weight excluding hydrogens is 319 g/mol. The summed E-state index contributed by atoms with van der Waals surface area (Å²) in [6.07, 6.45) is 2.52. The Balaban J connectivity index is 1.91. The zero-order chi connectivity index (χ0) is 15.7. The number of nitrogens with one attached hydrogen (secondary N) is 1. The van der Waals surface area contributed by atoms with E-state index in [0.29, 0.717) is 11.4 Å². The molecule has 116 valence electrons. The van der Waals surface area contributed by atoms with Crippen molar-refractivity contribution in [2.45, 2.75) is 32.9 Å². The van der Waals surface area contributed by atoms with Crippen molar-refractivity contribution in [3.8, 4) is 0 Å². The number of halogens is 1. The Morgan fingerprint density at radius 3 is 2.91 bits per heavy atom. The van der Waals surface area contributed by atoms with Gasteiger partial charge in [-0.2, -0.15) is 5.10 Å².